The lowest BCUT2D eigenvalue weighted by Crippen LogP contribution is -2.19. The Morgan fingerprint density at radius 2 is 2.22 bits per heavy atom. The molecule has 1 heterocycles. The summed E-state index contributed by atoms with van der Waals surface area (Å²) in [7, 11) is 0. The maximum absolute atomic E-state index is 11.8. The molecule has 0 spiro atoms. The predicted molar refractivity (Wildman–Crippen MR) is 88.1 cm³/mol. The minimum absolute atomic E-state index is 0.129. The smallest absolute Gasteiger partial charge is 0.244 e. The van der Waals surface area contributed by atoms with Crippen molar-refractivity contribution in [3.63, 3.8) is 0 Å². The molecule has 3 rings (SSSR count). The summed E-state index contributed by atoms with van der Waals surface area (Å²) in [4.78, 5) is 11.8. The second-order valence-electron chi connectivity index (χ2n) is 5.05. The Bertz CT molecular complexity index is 885. The van der Waals surface area contributed by atoms with Gasteiger partial charge in [0.05, 0.1) is 18.2 Å². The van der Waals surface area contributed by atoms with E-state index in [0.717, 1.165) is 16.5 Å². The number of nitrogens with zero attached hydrogens (tertiary/aromatic N) is 2. The number of amides is 1. The number of H-pyrrole nitrogens is 1. The van der Waals surface area contributed by atoms with Gasteiger partial charge in [-0.1, -0.05) is 18.2 Å². The fraction of sp³-hybridized carbons (Fsp3) is 0.0625. The molecule has 1 amide bonds. The van der Waals surface area contributed by atoms with E-state index in [1.807, 2.05) is 18.2 Å². The number of aromatic amines is 1. The van der Waals surface area contributed by atoms with Crippen LogP contribution in [0.2, 0.25) is 0 Å². The number of phenols is 1. The molecule has 1 aromatic heterocycles. The van der Waals surface area contributed by atoms with Crippen molar-refractivity contribution in [1.82, 2.24) is 15.6 Å². The van der Waals surface area contributed by atoms with E-state index in [1.165, 1.54) is 6.21 Å². The molecule has 0 fully saturated rings. The quantitative estimate of drug-likeness (QED) is 0.432. The number of carbonyl (C=O) groups is 1. The third-order valence-electron chi connectivity index (χ3n) is 3.29. The number of phenolic OH excluding ortho intramolecular Hbond substituents is 1. The number of carbonyl (C=O) groups excluding carboxylic acids is 1. The van der Waals surface area contributed by atoms with Crippen molar-refractivity contribution in [2.75, 3.05) is 5.73 Å². The average Bonchev–Trinajstić information content (AvgIpc) is 2.88. The van der Waals surface area contributed by atoms with E-state index in [4.69, 9.17) is 5.73 Å². The zero-order valence-electron chi connectivity index (χ0n) is 12.2. The molecular formula is C16H15N5O2. The van der Waals surface area contributed by atoms with Crippen LogP contribution in [0, 0.1) is 0 Å². The fourth-order valence-corrected chi connectivity index (χ4v) is 2.20. The molecule has 23 heavy (non-hydrogen) atoms. The van der Waals surface area contributed by atoms with Crippen LogP contribution < -0.4 is 11.2 Å². The average molecular weight is 309 g/mol. The van der Waals surface area contributed by atoms with Crippen molar-refractivity contribution in [3.8, 4) is 5.75 Å². The highest BCUT2D eigenvalue weighted by molar-refractivity contribution is 5.94. The topological polar surface area (TPSA) is 116 Å². The van der Waals surface area contributed by atoms with Crippen LogP contribution in [0.3, 0.4) is 0 Å². The molecule has 2 aromatic carbocycles. The summed E-state index contributed by atoms with van der Waals surface area (Å²) in [6.07, 6.45) is 1.67. The Morgan fingerprint density at radius 1 is 1.35 bits per heavy atom. The van der Waals surface area contributed by atoms with Gasteiger partial charge in [-0.3, -0.25) is 9.89 Å². The van der Waals surface area contributed by atoms with Gasteiger partial charge in [0.1, 0.15) is 5.75 Å². The summed E-state index contributed by atoms with van der Waals surface area (Å²) in [5.41, 5.74) is 10.5. The maximum Gasteiger partial charge on any atom is 0.244 e. The van der Waals surface area contributed by atoms with Gasteiger partial charge in [-0.2, -0.15) is 10.2 Å². The largest absolute Gasteiger partial charge is 0.508 e. The molecule has 0 atom stereocenters. The van der Waals surface area contributed by atoms with Gasteiger partial charge in [-0.25, -0.2) is 5.43 Å². The predicted octanol–water partition coefficient (Wildman–Crippen LogP) is 1.54. The minimum atomic E-state index is -0.268. The Hall–Kier alpha value is -3.35. The van der Waals surface area contributed by atoms with Gasteiger partial charge in [0.25, 0.3) is 0 Å². The van der Waals surface area contributed by atoms with Crippen LogP contribution >= 0.6 is 0 Å². The van der Waals surface area contributed by atoms with Crippen molar-refractivity contribution in [3.05, 3.63) is 53.6 Å². The number of aromatic hydroxyl groups is 1. The standard InChI is InChI=1S/C16H15N5O2/c17-16-13-7-11(4-5-14(13)19-21-16)9-18-20-15(23)8-10-2-1-3-12(22)6-10/h1-7,9,22H,8H2,(H,20,23)(H3,17,19,21)/b18-9+. The number of aromatic nitrogens is 2. The molecule has 116 valence electrons. The lowest BCUT2D eigenvalue weighted by Gasteiger charge is -2.01. The van der Waals surface area contributed by atoms with E-state index in [9.17, 15) is 9.90 Å². The number of anilines is 1. The molecule has 0 unspecified atom stereocenters. The van der Waals surface area contributed by atoms with Crippen molar-refractivity contribution in [2.45, 2.75) is 6.42 Å². The lowest BCUT2D eigenvalue weighted by molar-refractivity contribution is -0.120. The first kappa shape index (κ1) is 14.6. The molecule has 0 radical (unpaired) electrons. The van der Waals surface area contributed by atoms with E-state index in [-0.39, 0.29) is 18.1 Å². The number of nitrogens with two attached hydrogens (primary N) is 1. The highest BCUT2D eigenvalue weighted by atomic mass is 16.3. The van der Waals surface area contributed by atoms with Crippen LogP contribution in [-0.4, -0.2) is 27.4 Å². The number of benzene rings is 2. The summed E-state index contributed by atoms with van der Waals surface area (Å²) in [5, 5.41) is 20.8. The van der Waals surface area contributed by atoms with Crippen LogP contribution in [0.5, 0.6) is 5.75 Å². The van der Waals surface area contributed by atoms with Gasteiger partial charge in [0.15, 0.2) is 5.82 Å². The number of fused-ring (bicyclic) bond motifs is 1. The first-order chi connectivity index (χ1) is 11.1. The molecule has 7 nitrogen and oxygen atoms in total. The van der Waals surface area contributed by atoms with E-state index in [2.05, 4.69) is 20.7 Å². The summed E-state index contributed by atoms with van der Waals surface area (Å²) in [5.74, 6) is 0.281. The molecule has 0 saturated heterocycles. The first-order valence-corrected chi connectivity index (χ1v) is 6.95. The van der Waals surface area contributed by atoms with Gasteiger partial charge in [-0.15, -0.1) is 0 Å². The van der Waals surface area contributed by atoms with Crippen molar-refractivity contribution >= 4 is 28.8 Å². The monoisotopic (exact) mass is 309 g/mol. The second kappa shape index (κ2) is 6.18. The van der Waals surface area contributed by atoms with Crippen LogP contribution in [0.4, 0.5) is 5.82 Å². The Labute approximate surface area is 131 Å². The van der Waals surface area contributed by atoms with E-state index in [0.29, 0.717) is 11.4 Å². The lowest BCUT2D eigenvalue weighted by atomic mass is 10.1. The summed E-state index contributed by atoms with van der Waals surface area (Å²) >= 11 is 0. The maximum atomic E-state index is 11.8. The fourth-order valence-electron chi connectivity index (χ4n) is 2.20. The molecule has 0 aliphatic heterocycles. The summed E-state index contributed by atoms with van der Waals surface area (Å²) < 4.78 is 0. The molecule has 0 aliphatic carbocycles. The molecule has 3 aromatic rings. The number of rotatable bonds is 4. The van der Waals surface area contributed by atoms with E-state index in [1.54, 1.807) is 24.3 Å². The highest BCUT2D eigenvalue weighted by Gasteiger charge is 2.04. The molecule has 0 bridgehead atoms. The number of hydrogen-bond donors (Lipinski definition) is 4. The third-order valence-corrected chi connectivity index (χ3v) is 3.29. The molecule has 0 saturated carbocycles. The second-order valence-corrected chi connectivity index (χ2v) is 5.05. The summed E-state index contributed by atoms with van der Waals surface area (Å²) in [6, 6.07) is 12.1. The molecule has 0 aliphatic rings. The molecule has 5 N–H and O–H groups in total. The number of nitrogens with one attached hydrogen (secondary N) is 2. The van der Waals surface area contributed by atoms with Gasteiger partial charge in [0.2, 0.25) is 5.91 Å². The minimum Gasteiger partial charge on any atom is -0.508 e. The van der Waals surface area contributed by atoms with Crippen LogP contribution in [0.1, 0.15) is 11.1 Å². The number of hydrogen-bond acceptors (Lipinski definition) is 5. The Balaban J connectivity index is 1.63. The Kier molecular flexibility index (Phi) is 3.92. The molecular weight excluding hydrogens is 294 g/mol. The van der Waals surface area contributed by atoms with Crippen LogP contribution in [0.15, 0.2) is 47.6 Å². The number of nitrogen functional groups attached to an aromatic ring is 1. The van der Waals surface area contributed by atoms with Gasteiger partial charge in [-0.05, 0) is 35.4 Å². The summed E-state index contributed by atoms with van der Waals surface area (Å²) in [6.45, 7) is 0. The van der Waals surface area contributed by atoms with Gasteiger partial charge >= 0.3 is 0 Å². The van der Waals surface area contributed by atoms with Crippen molar-refractivity contribution < 1.29 is 9.90 Å². The van der Waals surface area contributed by atoms with E-state index < -0.39 is 0 Å². The molecule has 7 heteroatoms. The zero-order chi connectivity index (χ0) is 16.2. The van der Waals surface area contributed by atoms with E-state index >= 15 is 0 Å². The number of hydrazone groups is 1. The van der Waals surface area contributed by atoms with Crippen LogP contribution in [-0.2, 0) is 11.2 Å². The Morgan fingerprint density at radius 3 is 3.04 bits per heavy atom. The van der Waals surface area contributed by atoms with Crippen LogP contribution in [0.25, 0.3) is 10.9 Å². The zero-order valence-corrected chi connectivity index (χ0v) is 12.2. The van der Waals surface area contributed by atoms with Crippen molar-refractivity contribution in [2.24, 2.45) is 5.10 Å². The van der Waals surface area contributed by atoms with Gasteiger partial charge < -0.3 is 10.8 Å². The first-order valence-electron chi connectivity index (χ1n) is 6.95. The third kappa shape index (κ3) is 3.46. The van der Waals surface area contributed by atoms with Crippen molar-refractivity contribution in [1.29, 1.82) is 0 Å². The SMILES string of the molecule is Nc1n[nH]c2ccc(/C=N/NC(=O)Cc3cccc(O)c3)cc12. The van der Waals surface area contributed by atoms with Gasteiger partial charge in [0, 0.05) is 5.39 Å². The highest BCUT2D eigenvalue weighted by Crippen LogP contribution is 2.18. The normalized spacial score (nSPS) is 11.1.